The number of hydrogen-bond acceptors (Lipinski definition) is 4. The SMILES string of the molecule is Cc1ccc(Cl)c(C(=O)Nc2ccc3c(c2)-c2c(c(C(N)=O)nn2-c2ccc(O)cc2)CC3)c1. The maximum Gasteiger partial charge on any atom is 0.269 e. The van der Waals surface area contributed by atoms with Crippen LogP contribution in [0.5, 0.6) is 5.75 Å². The molecule has 4 N–H and O–H groups in total. The minimum atomic E-state index is -0.601. The van der Waals surface area contributed by atoms with Gasteiger partial charge in [-0.05, 0) is 73.9 Å². The van der Waals surface area contributed by atoms with Crippen molar-refractivity contribution in [1.82, 2.24) is 9.78 Å². The maximum atomic E-state index is 12.9. The summed E-state index contributed by atoms with van der Waals surface area (Å²) in [5, 5.41) is 17.5. The number of benzene rings is 3. The number of aromatic nitrogens is 2. The minimum absolute atomic E-state index is 0.125. The van der Waals surface area contributed by atoms with Crippen LogP contribution in [0.4, 0.5) is 5.69 Å². The van der Waals surface area contributed by atoms with Crippen molar-refractivity contribution in [3.05, 3.63) is 93.6 Å². The highest BCUT2D eigenvalue weighted by Crippen LogP contribution is 2.38. The van der Waals surface area contributed by atoms with E-state index in [-0.39, 0.29) is 17.4 Å². The standard InChI is InChI=1S/C26H21ClN4O3/c1-14-2-11-22(27)21(12-14)26(34)29-16-5-3-15-4-10-19-23(25(28)33)30-31(24(19)20(15)13-16)17-6-8-18(32)9-7-17/h2-3,5-9,11-13,32H,4,10H2,1H3,(H2,28,33)(H,29,34). The molecule has 1 aromatic heterocycles. The molecule has 1 aliphatic carbocycles. The van der Waals surface area contributed by atoms with E-state index in [1.54, 1.807) is 41.1 Å². The molecule has 0 spiro atoms. The van der Waals surface area contributed by atoms with Gasteiger partial charge in [-0.3, -0.25) is 9.59 Å². The van der Waals surface area contributed by atoms with E-state index >= 15 is 0 Å². The molecular formula is C26H21ClN4O3. The first kappa shape index (κ1) is 21.7. The van der Waals surface area contributed by atoms with Gasteiger partial charge in [-0.2, -0.15) is 5.10 Å². The van der Waals surface area contributed by atoms with Gasteiger partial charge in [-0.25, -0.2) is 4.68 Å². The molecule has 170 valence electrons. The van der Waals surface area contributed by atoms with Crippen molar-refractivity contribution in [2.45, 2.75) is 19.8 Å². The number of hydrogen-bond donors (Lipinski definition) is 3. The minimum Gasteiger partial charge on any atom is -0.508 e. The molecule has 0 atom stereocenters. The first-order valence-corrected chi connectivity index (χ1v) is 11.1. The number of amides is 2. The second-order valence-corrected chi connectivity index (χ2v) is 8.68. The van der Waals surface area contributed by atoms with Crippen LogP contribution < -0.4 is 11.1 Å². The number of nitrogens with one attached hydrogen (secondary N) is 1. The molecule has 0 bridgehead atoms. The summed E-state index contributed by atoms with van der Waals surface area (Å²) in [5.74, 6) is -0.787. The summed E-state index contributed by atoms with van der Waals surface area (Å²) in [5.41, 5.74) is 11.9. The zero-order valence-corrected chi connectivity index (χ0v) is 19.1. The van der Waals surface area contributed by atoms with Crippen molar-refractivity contribution in [2.24, 2.45) is 5.73 Å². The Bertz CT molecular complexity index is 1460. The molecular weight excluding hydrogens is 452 g/mol. The molecule has 2 amide bonds. The number of phenols is 1. The summed E-state index contributed by atoms with van der Waals surface area (Å²) in [6.45, 7) is 1.90. The topological polar surface area (TPSA) is 110 Å². The first-order chi connectivity index (χ1) is 16.3. The summed E-state index contributed by atoms with van der Waals surface area (Å²) in [4.78, 5) is 25.1. The molecule has 8 heteroatoms. The first-order valence-electron chi connectivity index (χ1n) is 10.7. The third kappa shape index (κ3) is 3.80. The Kier molecular flexibility index (Phi) is 5.34. The van der Waals surface area contributed by atoms with E-state index in [1.807, 2.05) is 31.2 Å². The summed E-state index contributed by atoms with van der Waals surface area (Å²) in [7, 11) is 0. The zero-order valence-electron chi connectivity index (χ0n) is 18.3. The molecule has 0 fully saturated rings. The highest BCUT2D eigenvalue weighted by atomic mass is 35.5. The summed E-state index contributed by atoms with van der Waals surface area (Å²) >= 11 is 6.24. The van der Waals surface area contributed by atoms with Crippen molar-refractivity contribution in [3.8, 4) is 22.7 Å². The van der Waals surface area contributed by atoms with Gasteiger partial charge in [0, 0.05) is 16.8 Å². The van der Waals surface area contributed by atoms with Crippen LogP contribution in [0, 0.1) is 6.92 Å². The quantitative estimate of drug-likeness (QED) is 0.401. The highest BCUT2D eigenvalue weighted by Gasteiger charge is 2.28. The number of nitrogens with two attached hydrogens (primary N) is 1. The average molecular weight is 473 g/mol. The molecule has 34 heavy (non-hydrogen) atoms. The van der Waals surface area contributed by atoms with Crippen molar-refractivity contribution in [1.29, 1.82) is 0 Å². The fourth-order valence-corrected chi connectivity index (χ4v) is 4.51. The zero-order chi connectivity index (χ0) is 24.0. The molecule has 0 saturated heterocycles. The Hall–Kier alpha value is -4.10. The van der Waals surface area contributed by atoms with Gasteiger partial charge in [0.05, 0.1) is 22.0 Å². The van der Waals surface area contributed by atoms with Crippen LogP contribution in [0.1, 0.15) is 37.5 Å². The monoisotopic (exact) mass is 472 g/mol. The summed E-state index contributed by atoms with van der Waals surface area (Å²) in [6.07, 6.45) is 1.32. The van der Waals surface area contributed by atoms with E-state index in [0.717, 1.165) is 27.9 Å². The van der Waals surface area contributed by atoms with E-state index in [1.165, 1.54) is 0 Å². The number of aromatic hydroxyl groups is 1. The predicted molar refractivity (Wildman–Crippen MR) is 131 cm³/mol. The molecule has 0 radical (unpaired) electrons. The van der Waals surface area contributed by atoms with Crippen molar-refractivity contribution in [3.63, 3.8) is 0 Å². The Labute approximate surface area is 200 Å². The molecule has 0 unspecified atom stereocenters. The van der Waals surface area contributed by atoms with Crippen LogP contribution in [0.3, 0.4) is 0 Å². The van der Waals surface area contributed by atoms with Crippen LogP contribution in [0.15, 0.2) is 60.7 Å². The van der Waals surface area contributed by atoms with Crippen LogP contribution in [0.25, 0.3) is 16.9 Å². The number of anilines is 1. The average Bonchev–Trinajstić information content (AvgIpc) is 3.21. The third-order valence-corrected chi connectivity index (χ3v) is 6.27. The van der Waals surface area contributed by atoms with Gasteiger partial charge in [0.25, 0.3) is 11.8 Å². The van der Waals surface area contributed by atoms with Gasteiger partial charge in [0.1, 0.15) is 5.75 Å². The second-order valence-electron chi connectivity index (χ2n) is 8.28. The molecule has 0 saturated carbocycles. The summed E-state index contributed by atoms with van der Waals surface area (Å²) in [6, 6.07) is 17.5. The lowest BCUT2D eigenvalue weighted by Crippen LogP contribution is -2.16. The molecule has 5 rings (SSSR count). The van der Waals surface area contributed by atoms with Crippen LogP contribution in [0.2, 0.25) is 5.02 Å². The predicted octanol–water partition coefficient (Wildman–Crippen LogP) is 4.66. The number of rotatable bonds is 4. The normalized spacial score (nSPS) is 12.1. The Morgan fingerprint density at radius 2 is 1.82 bits per heavy atom. The van der Waals surface area contributed by atoms with E-state index in [9.17, 15) is 14.7 Å². The largest absolute Gasteiger partial charge is 0.508 e. The second kappa shape index (κ2) is 8.35. The Morgan fingerprint density at radius 1 is 1.06 bits per heavy atom. The van der Waals surface area contributed by atoms with E-state index in [0.29, 0.717) is 34.8 Å². The number of phenolic OH excluding ortho intramolecular Hbond substituents is 1. The fraction of sp³-hybridized carbons (Fsp3) is 0.115. The third-order valence-electron chi connectivity index (χ3n) is 5.94. The lowest BCUT2D eigenvalue weighted by Gasteiger charge is -2.20. The summed E-state index contributed by atoms with van der Waals surface area (Å²) < 4.78 is 1.66. The van der Waals surface area contributed by atoms with Gasteiger partial charge in [0.2, 0.25) is 0 Å². The van der Waals surface area contributed by atoms with E-state index in [4.69, 9.17) is 17.3 Å². The van der Waals surface area contributed by atoms with Crippen molar-refractivity contribution < 1.29 is 14.7 Å². The number of nitrogens with zero attached hydrogens (tertiary/aromatic N) is 2. The molecule has 0 aliphatic heterocycles. The number of aryl methyl sites for hydroxylation is 2. The van der Waals surface area contributed by atoms with Gasteiger partial charge in [0.15, 0.2) is 5.69 Å². The Balaban J connectivity index is 1.60. The number of halogens is 1. The molecule has 4 aromatic rings. The molecule has 1 heterocycles. The van der Waals surface area contributed by atoms with Crippen molar-refractivity contribution >= 4 is 29.1 Å². The van der Waals surface area contributed by atoms with Gasteiger partial charge >= 0.3 is 0 Å². The maximum absolute atomic E-state index is 12.9. The number of fused-ring (bicyclic) bond motifs is 3. The van der Waals surface area contributed by atoms with Crippen molar-refractivity contribution in [2.75, 3.05) is 5.32 Å². The van der Waals surface area contributed by atoms with E-state index in [2.05, 4.69) is 10.4 Å². The molecule has 3 aromatic carbocycles. The van der Waals surface area contributed by atoms with Crippen LogP contribution in [-0.2, 0) is 12.8 Å². The molecule has 7 nitrogen and oxygen atoms in total. The number of primary amides is 1. The smallest absolute Gasteiger partial charge is 0.269 e. The van der Waals surface area contributed by atoms with Crippen LogP contribution >= 0.6 is 11.6 Å². The lowest BCUT2D eigenvalue weighted by molar-refractivity contribution is 0.0992. The fourth-order valence-electron chi connectivity index (χ4n) is 4.31. The van der Waals surface area contributed by atoms with Gasteiger partial charge in [-0.1, -0.05) is 29.3 Å². The lowest BCUT2D eigenvalue weighted by atomic mass is 9.88. The number of carbonyl (C=O) groups excluding carboxylic acids is 2. The van der Waals surface area contributed by atoms with Gasteiger partial charge in [-0.15, -0.1) is 0 Å². The van der Waals surface area contributed by atoms with E-state index < -0.39 is 5.91 Å². The van der Waals surface area contributed by atoms with Crippen LogP contribution in [-0.4, -0.2) is 26.7 Å². The number of carbonyl (C=O) groups is 2. The van der Waals surface area contributed by atoms with Gasteiger partial charge < -0.3 is 16.2 Å². The Morgan fingerprint density at radius 3 is 2.56 bits per heavy atom. The molecule has 1 aliphatic rings. The highest BCUT2D eigenvalue weighted by molar-refractivity contribution is 6.34.